The fourth-order valence-corrected chi connectivity index (χ4v) is 3.29. The van der Waals surface area contributed by atoms with E-state index in [0.29, 0.717) is 11.5 Å². The number of hydrogen-bond acceptors (Lipinski definition) is 4. The summed E-state index contributed by atoms with van der Waals surface area (Å²) in [5.41, 5.74) is 0.458. The molecule has 2 heterocycles. The van der Waals surface area contributed by atoms with Gasteiger partial charge in [0.15, 0.2) is 0 Å². The normalized spacial score (nSPS) is 30.2. The summed E-state index contributed by atoms with van der Waals surface area (Å²) in [7, 11) is 0. The molecule has 2 aliphatic heterocycles. The number of hydrogen-bond donors (Lipinski definition) is 2. The number of nitrogens with one attached hydrogen (secondary N) is 2. The maximum absolute atomic E-state index is 5.42. The van der Waals surface area contributed by atoms with Crippen LogP contribution in [0.2, 0.25) is 0 Å². The minimum absolute atomic E-state index is 0.458. The Balaban J connectivity index is 1.62. The van der Waals surface area contributed by atoms with Crippen LogP contribution >= 0.6 is 11.8 Å². The van der Waals surface area contributed by atoms with E-state index in [-0.39, 0.29) is 0 Å². The molecule has 2 saturated heterocycles. The Bertz CT molecular complexity index is 201. The minimum atomic E-state index is 0.458. The van der Waals surface area contributed by atoms with Crippen molar-refractivity contribution in [2.75, 3.05) is 44.4 Å². The molecule has 3 nitrogen and oxygen atoms in total. The van der Waals surface area contributed by atoms with E-state index in [0.717, 1.165) is 26.3 Å². The number of rotatable bonds is 4. The van der Waals surface area contributed by atoms with Crippen molar-refractivity contribution < 1.29 is 4.74 Å². The Morgan fingerprint density at radius 3 is 2.94 bits per heavy atom. The largest absolute Gasteiger partial charge is 0.381 e. The molecule has 0 aromatic rings. The topological polar surface area (TPSA) is 33.3 Å². The van der Waals surface area contributed by atoms with Crippen LogP contribution in [0, 0.1) is 5.41 Å². The van der Waals surface area contributed by atoms with Crippen LogP contribution in [-0.2, 0) is 4.74 Å². The van der Waals surface area contributed by atoms with Gasteiger partial charge in [0.2, 0.25) is 0 Å². The van der Waals surface area contributed by atoms with Gasteiger partial charge in [0, 0.05) is 50.4 Å². The lowest BCUT2D eigenvalue weighted by atomic mass is 9.82. The van der Waals surface area contributed by atoms with Crippen molar-refractivity contribution in [3.8, 4) is 0 Å². The highest BCUT2D eigenvalue weighted by Gasteiger charge is 2.27. The Hall–Kier alpha value is 0.230. The molecular weight excluding hydrogens is 220 g/mol. The Kier molecular flexibility index (Phi) is 4.95. The van der Waals surface area contributed by atoms with E-state index in [1.54, 1.807) is 0 Å². The Labute approximate surface area is 103 Å². The first-order chi connectivity index (χ1) is 7.79. The second-order valence-corrected chi connectivity index (χ2v) is 6.43. The van der Waals surface area contributed by atoms with Crippen molar-refractivity contribution >= 4 is 11.8 Å². The fourth-order valence-electron chi connectivity index (χ4n) is 2.34. The molecular formula is C12H24N2OS. The summed E-state index contributed by atoms with van der Waals surface area (Å²) in [6, 6.07) is 0.669. The molecule has 0 bridgehead atoms. The average molecular weight is 244 g/mol. The van der Waals surface area contributed by atoms with Crippen LogP contribution in [0.25, 0.3) is 0 Å². The van der Waals surface area contributed by atoms with Gasteiger partial charge >= 0.3 is 0 Å². The predicted octanol–water partition coefficient (Wildman–Crippen LogP) is 1.10. The van der Waals surface area contributed by atoms with Gasteiger partial charge in [-0.3, -0.25) is 0 Å². The summed E-state index contributed by atoms with van der Waals surface area (Å²) < 4.78 is 5.42. The van der Waals surface area contributed by atoms with Crippen molar-refractivity contribution in [1.82, 2.24) is 10.6 Å². The highest BCUT2D eigenvalue weighted by Crippen LogP contribution is 2.28. The summed E-state index contributed by atoms with van der Waals surface area (Å²) >= 11 is 2.07. The van der Waals surface area contributed by atoms with Crippen molar-refractivity contribution in [2.45, 2.75) is 25.8 Å². The van der Waals surface area contributed by atoms with Gasteiger partial charge in [-0.2, -0.15) is 11.8 Å². The molecule has 16 heavy (non-hydrogen) atoms. The molecule has 0 radical (unpaired) electrons. The van der Waals surface area contributed by atoms with Gasteiger partial charge in [-0.1, -0.05) is 6.92 Å². The molecule has 1 unspecified atom stereocenters. The summed E-state index contributed by atoms with van der Waals surface area (Å²) in [6.07, 6.45) is 2.40. The quantitative estimate of drug-likeness (QED) is 0.776. The second-order valence-electron chi connectivity index (χ2n) is 5.28. The monoisotopic (exact) mass is 244 g/mol. The van der Waals surface area contributed by atoms with E-state index in [1.807, 2.05) is 0 Å². The maximum Gasteiger partial charge on any atom is 0.0471 e. The lowest BCUT2D eigenvalue weighted by Crippen LogP contribution is -2.47. The van der Waals surface area contributed by atoms with Crippen LogP contribution in [0.3, 0.4) is 0 Å². The molecule has 94 valence electrons. The van der Waals surface area contributed by atoms with Crippen LogP contribution < -0.4 is 10.6 Å². The van der Waals surface area contributed by atoms with Crippen molar-refractivity contribution in [2.24, 2.45) is 5.41 Å². The molecule has 2 N–H and O–H groups in total. The molecule has 0 aliphatic carbocycles. The Morgan fingerprint density at radius 2 is 2.25 bits per heavy atom. The van der Waals surface area contributed by atoms with Crippen molar-refractivity contribution in [1.29, 1.82) is 0 Å². The molecule has 2 rings (SSSR count). The Morgan fingerprint density at radius 1 is 1.44 bits per heavy atom. The molecule has 4 heteroatoms. The third kappa shape index (κ3) is 3.91. The fraction of sp³-hybridized carbons (Fsp3) is 1.00. The van der Waals surface area contributed by atoms with E-state index in [4.69, 9.17) is 4.74 Å². The van der Waals surface area contributed by atoms with E-state index in [1.165, 1.54) is 30.9 Å². The van der Waals surface area contributed by atoms with Crippen LogP contribution in [0.4, 0.5) is 0 Å². The molecule has 1 atom stereocenters. The lowest BCUT2D eigenvalue weighted by molar-refractivity contribution is 0.0240. The highest BCUT2D eigenvalue weighted by atomic mass is 32.2. The summed E-state index contributed by atoms with van der Waals surface area (Å²) in [5, 5.41) is 7.20. The first kappa shape index (κ1) is 12.7. The average Bonchev–Trinajstić information content (AvgIpc) is 2.31. The number of ether oxygens (including phenoxy) is 1. The predicted molar refractivity (Wildman–Crippen MR) is 70.1 cm³/mol. The summed E-state index contributed by atoms with van der Waals surface area (Å²) in [6.45, 7) is 7.68. The van der Waals surface area contributed by atoms with E-state index < -0.39 is 0 Å². The summed E-state index contributed by atoms with van der Waals surface area (Å²) in [4.78, 5) is 0. The zero-order chi connectivity index (χ0) is 11.3. The van der Waals surface area contributed by atoms with Crippen molar-refractivity contribution in [3.63, 3.8) is 0 Å². The van der Waals surface area contributed by atoms with Gasteiger partial charge < -0.3 is 15.4 Å². The van der Waals surface area contributed by atoms with E-state index >= 15 is 0 Å². The minimum Gasteiger partial charge on any atom is -0.381 e. The third-order valence-electron chi connectivity index (χ3n) is 3.64. The second kappa shape index (κ2) is 6.24. The molecule has 0 spiro atoms. The van der Waals surface area contributed by atoms with Crippen LogP contribution in [0.15, 0.2) is 0 Å². The molecule has 2 aliphatic rings. The summed E-state index contributed by atoms with van der Waals surface area (Å²) in [5.74, 6) is 2.53. The van der Waals surface area contributed by atoms with Crippen molar-refractivity contribution in [3.05, 3.63) is 0 Å². The first-order valence-electron chi connectivity index (χ1n) is 6.38. The van der Waals surface area contributed by atoms with Gasteiger partial charge in [-0.25, -0.2) is 0 Å². The van der Waals surface area contributed by atoms with Gasteiger partial charge in [-0.05, 0) is 18.3 Å². The van der Waals surface area contributed by atoms with Crippen LogP contribution in [0.1, 0.15) is 19.8 Å². The van der Waals surface area contributed by atoms with Gasteiger partial charge in [0.25, 0.3) is 0 Å². The zero-order valence-electron chi connectivity index (χ0n) is 10.3. The highest BCUT2D eigenvalue weighted by molar-refractivity contribution is 7.99. The molecule has 0 saturated carbocycles. The SMILES string of the molecule is CC1(CNCC2CSCCN2)CCOCC1. The van der Waals surface area contributed by atoms with Gasteiger partial charge in [0.1, 0.15) is 0 Å². The zero-order valence-corrected chi connectivity index (χ0v) is 11.1. The number of thioether (sulfide) groups is 1. The molecule has 2 fully saturated rings. The first-order valence-corrected chi connectivity index (χ1v) is 7.54. The third-order valence-corrected chi connectivity index (χ3v) is 4.77. The maximum atomic E-state index is 5.42. The van der Waals surface area contributed by atoms with Gasteiger partial charge in [0.05, 0.1) is 0 Å². The van der Waals surface area contributed by atoms with Gasteiger partial charge in [-0.15, -0.1) is 0 Å². The van der Waals surface area contributed by atoms with Crippen LogP contribution in [-0.4, -0.2) is 50.4 Å². The molecule has 0 aromatic carbocycles. The molecule has 0 amide bonds. The van der Waals surface area contributed by atoms with E-state index in [2.05, 4.69) is 29.3 Å². The van der Waals surface area contributed by atoms with Crippen LogP contribution in [0.5, 0.6) is 0 Å². The lowest BCUT2D eigenvalue weighted by Gasteiger charge is -2.34. The van der Waals surface area contributed by atoms with E-state index in [9.17, 15) is 0 Å². The standard InChI is InChI=1S/C12H24N2OS/c1-12(2-5-15-6-3-12)10-13-8-11-9-16-7-4-14-11/h11,13-14H,2-10H2,1H3. The molecule has 0 aromatic heterocycles. The smallest absolute Gasteiger partial charge is 0.0471 e.